The molecule has 10 nitrogen and oxygen atoms in total. The van der Waals surface area contributed by atoms with Crippen molar-refractivity contribution in [2.75, 3.05) is 42.2 Å². The number of carbonyl (C=O) groups is 1. The Balaban J connectivity index is 0.000000413. The van der Waals surface area contributed by atoms with Crippen molar-refractivity contribution in [3.05, 3.63) is 58.4 Å². The number of anilines is 1. The molecule has 0 amide bonds. The summed E-state index contributed by atoms with van der Waals surface area (Å²) in [7, 11) is 1.69. The van der Waals surface area contributed by atoms with Crippen LogP contribution in [0.3, 0.4) is 0 Å². The normalized spacial score (nSPS) is 16.7. The number of nitrogens with zero attached hydrogens (tertiary/aromatic N) is 7. The molecule has 259 valence electrons. The van der Waals surface area contributed by atoms with Crippen molar-refractivity contribution in [2.24, 2.45) is 5.41 Å². The van der Waals surface area contributed by atoms with Gasteiger partial charge in [0.2, 0.25) is 5.28 Å². The van der Waals surface area contributed by atoms with Crippen LogP contribution in [0.15, 0.2) is 30.5 Å². The SMILES string of the molecule is CC.CC(C)N(C)CC(F)F.O=Cc1cc(F)ccc1Oc1nnc(Cl)nc1N1CC2(CC(Oc3ccnc4c3CN([CH2][Pb])CC4)C2)C1. The number of halogens is 4. The number of rotatable bonds is 10. The summed E-state index contributed by atoms with van der Waals surface area (Å²) in [6.07, 6.45) is 3.21. The van der Waals surface area contributed by atoms with Gasteiger partial charge in [0.25, 0.3) is 12.3 Å². The van der Waals surface area contributed by atoms with Gasteiger partial charge in [-0.15, -0.1) is 10.2 Å². The number of hydrogen-bond donors (Lipinski definition) is 0. The predicted molar refractivity (Wildman–Crippen MR) is 179 cm³/mol. The van der Waals surface area contributed by atoms with E-state index >= 15 is 0 Å². The molecule has 48 heavy (non-hydrogen) atoms. The summed E-state index contributed by atoms with van der Waals surface area (Å²) in [5.74, 6) is 1.18. The minimum atomic E-state index is -2.21. The molecule has 1 saturated heterocycles. The predicted octanol–water partition coefficient (Wildman–Crippen LogP) is 5.81. The van der Waals surface area contributed by atoms with Gasteiger partial charge >= 0.3 is 141 Å². The second kappa shape index (κ2) is 17.3. The maximum absolute atomic E-state index is 13.5. The van der Waals surface area contributed by atoms with Gasteiger partial charge in [-0.25, -0.2) is 13.2 Å². The number of ether oxygens (including phenoxy) is 2. The molecule has 2 fully saturated rings. The monoisotopic (exact) mass is 884 g/mol. The van der Waals surface area contributed by atoms with Crippen LogP contribution in [-0.2, 0) is 13.0 Å². The number of benzene rings is 1. The van der Waals surface area contributed by atoms with Crippen LogP contribution in [0.4, 0.5) is 19.0 Å². The third kappa shape index (κ3) is 9.53. The average Bonchev–Trinajstić information content (AvgIpc) is 3.04. The third-order valence-electron chi connectivity index (χ3n) is 8.57. The van der Waals surface area contributed by atoms with Crippen LogP contribution in [-0.4, -0.2) is 118 Å². The Morgan fingerprint density at radius 2 is 1.90 bits per heavy atom. The van der Waals surface area contributed by atoms with Crippen LogP contribution in [0, 0.1) is 11.2 Å². The Morgan fingerprint density at radius 1 is 1.17 bits per heavy atom. The number of carbonyl (C=O) groups excluding carboxylic acids is 1. The number of alkyl halides is 2. The van der Waals surface area contributed by atoms with Crippen molar-refractivity contribution < 1.29 is 27.4 Å². The first-order valence-corrected chi connectivity index (χ1v) is 19.2. The molecule has 1 aliphatic carbocycles. The molecule has 1 aromatic carbocycles. The van der Waals surface area contributed by atoms with Gasteiger partial charge in [-0.2, -0.15) is 4.98 Å². The average molecular weight is 884 g/mol. The van der Waals surface area contributed by atoms with Crippen molar-refractivity contribution in [1.29, 1.82) is 0 Å². The summed E-state index contributed by atoms with van der Waals surface area (Å²) in [4.78, 5) is 26.4. The van der Waals surface area contributed by atoms with E-state index in [0.717, 1.165) is 92.8 Å². The summed E-state index contributed by atoms with van der Waals surface area (Å²) in [6, 6.07) is 5.90. The summed E-state index contributed by atoms with van der Waals surface area (Å²) in [5, 5.41) is 7.83. The molecule has 3 aliphatic rings. The number of aromatic nitrogens is 4. The third-order valence-corrected chi connectivity index (χ3v) is 10.5. The summed E-state index contributed by atoms with van der Waals surface area (Å²) >= 11 is 7.19. The van der Waals surface area contributed by atoms with Gasteiger partial charge in [-0.3, -0.25) is 9.69 Å². The zero-order valence-electron chi connectivity index (χ0n) is 27.9. The van der Waals surface area contributed by atoms with E-state index in [1.807, 2.05) is 44.9 Å². The van der Waals surface area contributed by atoms with E-state index < -0.39 is 12.2 Å². The van der Waals surface area contributed by atoms with Crippen molar-refractivity contribution in [3.63, 3.8) is 0 Å². The first kappa shape index (κ1) is 38.2. The topological polar surface area (TPSA) is 96.8 Å². The summed E-state index contributed by atoms with van der Waals surface area (Å²) < 4.78 is 50.2. The van der Waals surface area contributed by atoms with Gasteiger partial charge in [0.1, 0.15) is 11.6 Å². The van der Waals surface area contributed by atoms with Gasteiger partial charge in [-0.05, 0) is 50.7 Å². The van der Waals surface area contributed by atoms with Crippen molar-refractivity contribution in [3.8, 4) is 17.4 Å². The van der Waals surface area contributed by atoms with Crippen LogP contribution >= 0.6 is 11.6 Å². The molecule has 2 aliphatic heterocycles. The zero-order valence-corrected chi connectivity index (χ0v) is 32.6. The van der Waals surface area contributed by atoms with E-state index in [9.17, 15) is 18.0 Å². The first-order chi connectivity index (χ1) is 23.0. The molecule has 1 spiro atoms. The molecule has 1 saturated carbocycles. The Bertz CT molecular complexity index is 1530. The molecule has 0 unspecified atom stereocenters. The number of pyridine rings is 1. The first-order valence-electron chi connectivity index (χ1n) is 16.1. The fraction of sp³-hybridized carbons (Fsp3) is 0.545. The Morgan fingerprint density at radius 3 is 2.52 bits per heavy atom. The molecule has 0 atom stereocenters. The van der Waals surface area contributed by atoms with Gasteiger partial charge in [-0.1, -0.05) is 13.8 Å². The van der Waals surface area contributed by atoms with Gasteiger partial charge in [0.15, 0.2) is 6.29 Å². The zero-order chi connectivity index (χ0) is 35.0. The van der Waals surface area contributed by atoms with E-state index in [-0.39, 0.29) is 46.6 Å². The van der Waals surface area contributed by atoms with E-state index in [0.29, 0.717) is 12.1 Å². The van der Waals surface area contributed by atoms with E-state index in [2.05, 4.69) is 25.1 Å². The molecule has 2 aromatic heterocycles. The van der Waals surface area contributed by atoms with Crippen LogP contribution in [0.25, 0.3) is 0 Å². The molecular formula is C33H42ClF3N7O3Pb. The summed E-state index contributed by atoms with van der Waals surface area (Å²) in [6.45, 7) is 11.1. The van der Waals surface area contributed by atoms with Gasteiger partial charge in [0.05, 0.1) is 12.1 Å². The van der Waals surface area contributed by atoms with Crippen molar-refractivity contribution in [1.82, 2.24) is 30.0 Å². The summed E-state index contributed by atoms with van der Waals surface area (Å²) in [5.41, 5.74) is 2.60. The number of fused-ring (bicyclic) bond motifs is 1. The fourth-order valence-electron chi connectivity index (χ4n) is 5.85. The molecule has 0 bridgehead atoms. The van der Waals surface area contributed by atoms with Crippen molar-refractivity contribution in [2.45, 2.75) is 72.1 Å². The van der Waals surface area contributed by atoms with Crippen LogP contribution in [0.1, 0.15) is 62.2 Å². The number of hydrogen-bond acceptors (Lipinski definition) is 10. The van der Waals surface area contributed by atoms with E-state index in [1.165, 1.54) is 17.7 Å². The molecule has 0 N–H and O–H groups in total. The van der Waals surface area contributed by atoms with Crippen LogP contribution < -0.4 is 14.4 Å². The van der Waals surface area contributed by atoms with Crippen LogP contribution in [0.5, 0.6) is 17.4 Å². The number of aldehydes is 1. The maximum atomic E-state index is 13.5. The van der Waals surface area contributed by atoms with Gasteiger partial charge < -0.3 is 4.74 Å². The fourth-order valence-corrected chi connectivity index (χ4v) is 7.02. The molecule has 6 rings (SSSR count). The Labute approximate surface area is 301 Å². The van der Waals surface area contributed by atoms with Crippen molar-refractivity contribution >= 4 is 49.5 Å². The van der Waals surface area contributed by atoms with Gasteiger partial charge in [0, 0.05) is 6.04 Å². The standard InChI is InChI=1S/C25H23ClFN6O3.C6H13F2N.C2H6.Pb/c1-32-7-5-19-18(11-32)21(4-6-28-19)35-17-9-25(10-17)13-33(14-25)22-23(30-31-24(26)29-22)36-20-3-2-16(27)8-15(20)12-34;1-5(2)9(3)4-6(7)8;1-2;/h2-4,6,8,12,17H,1,5,7,9-11,13-14H2;5-6H,4H2,1-3H3;1-2H3;. The van der Waals surface area contributed by atoms with E-state index in [1.54, 1.807) is 11.9 Å². The molecule has 3 aromatic rings. The molecule has 4 heterocycles. The second-order valence-corrected chi connectivity index (χ2v) is 13.8. The quantitative estimate of drug-likeness (QED) is 0.184. The minimum absolute atomic E-state index is 0.000846. The molecule has 15 heteroatoms. The molecular weight excluding hydrogens is 842 g/mol. The molecule has 3 radical (unpaired) electrons. The van der Waals surface area contributed by atoms with Crippen LogP contribution in [0.2, 0.25) is 5.28 Å². The Hall–Kier alpha value is -2.63. The Kier molecular flexibility index (Phi) is 13.8. The van der Waals surface area contributed by atoms with E-state index in [4.69, 9.17) is 21.1 Å². The second-order valence-electron chi connectivity index (χ2n) is 12.2.